The Kier molecular flexibility index (Phi) is 31.6. The lowest BCUT2D eigenvalue weighted by Crippen LogP contribution is -2.13. The predicted octanol–water partition coefficient (Wildman–Crippen LogP) is 0.391. The maximum atomic E-state index is 9.65. The van der Waals surface area contributed by atoms with Crippen LogP contribution < -0.4 is 16.4 Å². The van der Waals surface area contributed by atoms with E-state index in [1.54, 1.807) is 7.11 Å². The SMILES string of the molecule is CC(N)CCC=O.CCNC.CNCCOC. The molecule has 1 atom stereocenters. The van der Waals surface area contributed by atoms with Gasteiger partial charge in [0.05, 0.1) is 6.61 Å². The van der Waals surface area contributed by atoms with Gasteiger partial charge in [-0.3, -0.25) is 0 Å². The van der Waals surface area contributed by atoms with Gasteiger partial charge in [-0.2, -0.15) is 0 Å². The molecule has 0 aliphatic carbocycles. The molecular formula is C12H31N3O2. The average molecular weight is 249 g/mol. The van der Waals surface area contributed by atoms with Gasteiger partial charge >= 0.3 is 0 Å². The molecule has 5 nitrogen and oxygen atoms in total. The largest absolute Gasteiger partial charge is 0.383 e. The van der Waals surface area contributed by atoms with E-state index in [-0.39, 0.29) is 6.04 Å². The summed E-state index contributed by atoms with van der Waals surface area (Å²) in [4.78, 5) is 9.65. The second-order valence-electron chi connectivity index (χ2n) is 3.52. The summed E-state index contributed by atoms with van der Waals surface area (Å²) in [6.45, 7) is 6.77. The molecule has 0 aromatic carbocycles. The van der Waals surface area contributed by atoms with E-state index in [1.807, 2.05) is 21.0 Å². The Morgan fingerprint density at radius 1 is 1.35 bits per heavy atom. The molecule has 0 radical (unpaired) electrons. The van der Waals surface area contributed by atoms with Gasteiger partial charge in [0.15, 0.2) is 0 Å². The van der Waals surface area contributed by atoms with E-state index < -0.39 is 0 Å². The molecule has 0 fully saturated rings. The fraction of sp³-hybridized carbons (Fsp3) is 0.917. The quantitative estimate of drug-likeness (QED) is 0.449. The number of aldehydes is 1. The Bertz CT molecular complexity index is 116. The molecule has 0 aromatic rings. The number of likely N-dealkylation sites (N-methyl/N-ethyl adjacent to an activating group) is 1. The van der Waals surface area contributed by atoms with Crippen molar-refractivity contribution in [2.75, 3.05) is 40.9 Å². The van der Waals surface area contributed by atoms with Gasteiger partial charge in [-0.1, -0.05) is 6.92 Å². The van der Waals surface area contributed by atoms with Crippen molar-refractivity contribution in [3.8, 4) is 0 Å². The van der Waals surface area contributed by atoms with Gasteiger partial charge in [0.2, 0.25) is 0 Å². The first-order chi connectivity index (χ1) is 8.10. The molecular weight excluding hydrogens is 218 g/mol. The summed E-state index contributed by atoms with van der Waals surface area (Å²) in [5.41, 5.74) is 5.32. The van der Waals surface area contributed by atoms with Crippen LogP contribution >= 0.6 is 0 Å². The van der Waals surface area contributed by atoms with E-state index in [4.69, 9.17) is 10.5 Å². The summed E-state index contributed by atoms with van der Waals surface area (Å²) >= 11 is 0. The molecule has 4 N–H and O–H groups in total. The number of methoxy groups -OCH3 is 1. The number of rotatable bonds is 7. The van der Waals surface area contributed by atoms with Crippen LogP contribution in [-0.2, 0) is 9.53 Å². The van der Waals surface area contributed by atoms with Crippen LogP contribution in [0.4, 0.5) is 0 Å². The first-order valence-electron chi connectivity index (χ1n) is 6.07. The Labute approximate surface area is 106 Å². The average Bonchev–Trinajstić information content (AvgIpc) is 2.34. The summed E-state index contributed by atoms with van der Waals surface area (Å²) in [5, 5.41) is 5.87. The molecule has 0 rings (SSSR count). The third-order valence-corrected chi connectivity index (χ3v) is 1.65. The molecule has 0 saturated carbocycles. The van der Waals surface area contributed by atoms with E-state index in [0.29, 0.717) is 6.42 Å². The van der Waals surface area contributed by atoms with E-state index >= 15 is 0 Å². The second-order valence-corrected chi connectivity index (χ2v) is 3.52. The zero-order chi connectivity index (χ0) is 13.9. The maximum absolute atomic E-state index is 9.65. The van der Waals surface area contributed by atoms with Crippen molar-refractivity contribution in [3.05, 3.63) is 0 Å². The Balaban J connectivity index is -0.000000180. The molecule has 0 spiro atoms. The van der Waals surface area contributed by atoms with Crippen LogP contribution in [-0.4, -0.2) is 53.2 Å². The topological polar surface area (TPSA) is 76.4 Å². The van der Waals surface area contributed by atoms with Gasteiger partial charge in [0, 0.05) is 26.1 Å². The monoisotopic (exact) mass is 249 g/mol. The first-order valence-corrected chi connectivity index (χ1v) is 6.07. The predicted molar refractivity (Wildman–Crippen MR) is 74.4 cm³/mol. The fourth-order valence-electron chi connectivity index (χ4n) is 0.535. The van der Waals surface area contributed by atoms with Crippen LogP contribution in [0.2, 0.25) is 0 Å². The summed E-state index contributed by atoms with van der Waals surface area (Å²) < 4.78 is 4.72. The minimum Gasteiger partial charge on any atom is -0.383 e. The van der Waals surface area contributed by atoms with Crippen LogP contribution in [0.25, 0.3) is 0 Å². The number of hydrogen-bond acceptors (Lipinski definition) is 5. The van der Waals surface area contributed by atoms with Crippen molar-refractivity contribution < 1.29 is 9.53 Å². The molecule has 5 heteroatoms. The van der Waals surface area contributed by atoms with Crippen molar-refractivity contribution >= 4 is 6.29 Å². The standard InChI is InChI=1S/C5H11NO.C4H11NO.C3H9N/c1-5(6)3-2-4-7;1-5-3-4-6-2;1-3-4-2/h4-5H,2-3,6H2,1H3;5H,3-4H2,1-2H3;4H,3H2,1-2H3. The molecule has 0 amide bonds. The van der Waals surface area contributed by atoms with Gasteiger partial charge in [-0.25, -0.2) is 0 Å². The fourth-order valence-corrected chi connectivity index (χ4v) is 0.535. The zero-order valence-corrected chi connectivity index (χ0v) is 12.1. The highest BCUT2D eigenvalue weighted by molar-refractivity contribution is 5.49. The normalized spacial score (nSPS) is 10.5. The molecule has 0 saturated heterocycles. The van der Waals surface area contributed by atoms with Crippen molar-refractivity contribution in [1.29, 1.82) is 0 Å². The molecule has 0 heterocycles. The van der Waals surface area contributed by atoms with Gasteiger partial charge in [0.25, 0.3) is 0 Å². The van der Waals surface area contributed by atoms with Crippen LogP contribution in [0, 0.1) is 0 Å². The molecule has 1 unspecified atom stereocenters. The number of carbonyl (C=O) groups is 1. The highest BCUT2D eigenvalue weighted by Gasteiger charge is 1.89. The van der Waals surface area contributed by atoms with Gasteiger partial charge < -0.3 is 25.9 Å². The van der Waals surface area contributed by atoms with Crippen LogP contribution in [0.3, 0.4) is 0 Å². The van der Waals surface area contributed by atoms with Crippen molar-refractivity contribution in [2.45, 2.75) is 32.7 Å². The summed E-state index contributed by atoms with van der Waals surface area (Å²) in [6, 6.07) is 0.171. The van der Waals surface area contributed by atoms with Crippen LogP contribution in [0.15, 0.2) is 0 Å². The minimum absolute atomic E-state index is 0.171. The second kappa shape index (κ2) is 24.6. The van der Waals surface area contributed by atoms with E-state index in [9.17, 15) is 4.79 Å². The molecule has 0 aliphatic heterocycles. The van der Waals surface area contributed by atoms with Crippen molar-refractivity contribution in [2.24, 2.45) is 5.73 Å². The lowest BCUT2D eigenvalue weighted by Gasteiger charge is -1.96. The summed E-state index contributed by atoms with van der Waals surface area (Å²) in [6.07, 6.45) is 2.30. The highest BCUT2D eigenvalue weighted by Crippen LogP contribution is 1.87. The van der Waals surface area contributed by atoms with Crippen molar-refractivity contribution in [3.63, 3.8) is 0 Å². The molecule has 0 bridgehead atoms. The lowest BCUT2D eigenvalue weighted by molar-refractivity contribution is -0.108. The zero-order valence-electron chi connectivity index (χ0n) is 12.1. The van der Waals surface area contributed by atoms with Gasteiger partial charge in [-0.15, -0.1) is 0 Å². The summed E-state index contributed by atoms with van der Waals surface area (Å²) in [7, 11) is 5.52. The smallest absolute Gasteiger partial charge is 0.120 e. The number of carbonyl (C=O) groups excluding carboxylic acids is 1. The molecule has 17 heavy (non-hydrogen) atoms. The molecule has 0 aromatic heterocycles. The van der Waals surface area contributed by atoms with Crippen LogP contribution in [0.5, 0.6) is 0 Å². The molecule has 106 valence electrons. The number of nitrogens with one attached hydrogen (secondary N) is 2. The van der Waals surface area contributed by atoms with Gasteiger partial charge in [0.1, 0.15) is 6.29 Å². The van der Waals surface area contributed by atoms with Crippen molar-refractivity contribution in [1.82, 2.24) is 10.6 Å². The molecule has 0 aliphatic rings. The third kappa shape index (κ3) is 50.2. The number of nitrogens with two attached hydrogens (primary N) is 1. The van der Waals surface area contributed by atoms with E-state index in [0.717, 1.165) is 32.4 Å². The Hall–Kier alpha value is -0.490. The van der Waals surface area contributed by atoms with Gasteiger partial charge in [-0.05, 0) is 34.0 Å². The highest BCUT2D eigenvalue weighted by atomic mass is 16.5. The van der Waals surface area contributed by atoms with E-state index in [2.05, 4.69) is 17.6 Å². The third-order valence-electron chi connectivity index (χ3n) is 1.65. The summed E-state index contributed by atoms with van der Waals surface area (Å²) in [5.74, 6) is 0. The lowest BCUT2D eigenvalue weighted by atomic mass is 10.2. The number of ether oxygens (including phenoxy) is 1. The maximum Gasteiger partial charge on any atom is 0.120 e. The first kappa shape index (κ1) is 21.8. The number of hydrogen-bond donors (Lipinski definition) is 3. The van der Waals surface area contributed by atoms with Crippen LogP contribution in [0.1, 0.15) is 26.7 Å². The Morgan fingerprint density at radius 2 is 1.88 bits per heavy atom. The van der Waals surface area contributed by atoms with E-state index in [1.165, 1.54) is 0 Å². The Morgan fingerprint density at radius 3 is 2.00 bits per heavy atom. The minimum atomic E-state index is 0.171.